The number of carbonyl (C=O) groups is 1. The van der Waals surface area contributed by atoms with Gasteiger partial charge in [-0.2, -0.15) is 5.10 Å². The van der Waals surface area contributed by atoms with Gasteiger partial charge in [0, 0.05) is 17.9 Å². The zero-order chi connectivity index (χ0) is 9.68. The minimum Gasteiger partial charge on any atom is -0.394 e. The number of rotatable bonds is 4. The van der Waals surface area contributed by atoms with Crippen LogP contribution in [0.15, 0.2) is 12.3 Å². The molecule has 1 amide bonds. The van der Waals surface area contributed by atoms with Gasteiger partial charge in [0.15, 0.2) is 0 Å². The molecule has 1 aromatic rings. The third kappa shape index (κ3) is 3.25. The molecular formula is C8H13N3O2. The van der Waals surface area contributed by atoms with Crippen LogP contribution in [0, 0.1) is 0 Å². The van der Waals surface area contributed by atoms with Crippen LogP contribution in [0.25, 0.3) is 0 Å². The van der Waals surface area contributed by atoms with Gasteiger partial charge < -0.3 is 10.4 Å². The zero-order valence-electron chi connectivity index (χ0n) is 7.45. The molecule has 0 bridgehead atoms. The van der Waals surface area contributed by atoms with Crippen LogP contribution in [0.2, 0.25) is 0 Å². The maximum atomic E-state index is 11.2. The van der Waals surface area contributed by atoms with E-state index in [0.29, 0.717) is 0 Å². The largest absolute Gasteiger partial charge is 0.394 e. The van der Waals surface area contributed by atoms with E-state index >= 15 is 0 Å². The van der Waals surface area contributed by atoms with Gasteiger partial charge in [0.05, 0.1) is 13.0 Å². The fourth-order valence-electron chi connectivity index (χ4n) is 0.928. The number of carbonyl (C=O) groups excluding carboxylic acids is 1. The average Bonchev–Trinajstić information content (AvgIpc) is 2.56. The molecule has 0 spiro atoms. The highest BCUT2D eigenvalue weighted by atomic mass is 16.3. The minimum atomic E-state index is -0.199. The molecule has 1 heterocycles. The summed E-state index contributed by atoms with van der Waals surface area (Å²) in [5.74, 6) is -0.120. The Kier molecular flexibility index (Phi) is 3.45. The number of amides is 1. The number of aromatic nitrogens is 2. The second-order valence-corrected chi connectivity index (χ2v) is 2.91. The summed E-state index contributed by atoms with van der Waals surface area (Å²) < 4.78 is 0. The van der Waals surface area contributed by atoms with Crippen LogP contribution in [0.5, 0.6) is 0 Å². The first-order chi connectivity index (χ1) is 6.22. The lowest BCUT2D eigenvalue weighted by molar-refractivity contribution is -0.121. The SMILES string of the molecule is CC(CO)NC(=O)Cc1ccn[nH]1. The van der Waals surface area contributed by atoms with Gasteiger partial charge in [-0.15, -0.1) is 0 Å². The highest BCUT2D eigenvalue weighted by molar-refractivity contribution is 5.78. The normalized spacial score (nSPS) is 12.5. The maximum absolute atomic E-state index is 11.2. The molecule has 0 saturated heterocycles. The fraction of sp³-hybridized carbons (Fsp3) is 0.500. The second-order valence-electron chi connectivity index (χ2n) is 2.91. The first-order valence-electron chi connectivity index (χ1n) is 4.11. The summed E-state index contributed by atoms with van der Waals surface area (Å²) in [6.45, 7) is 1.69. The number of aromatic amines is 1. The standard InChI is InChI=1S/C8H13N3O2/c1-6(5-12)10-8(13)4-7-2-3-9-11-7/h2-3,6,12H,4-5H2,1H3,(H,9,11)(H,10,13). The molecule has 5 nitrogen and oxygen atoms in total. The van der Waals surface area contributed by atoms with Crippen LogP contribution in [0.4, 0.5) is 0 Å². The van der Waals surface area contributed by atoms with Crippen molar-refractivity contribution in [2.75, 3.05) is 6.61 Å². The van der Waals surface area contributed by atoms with Crippen LogP contribution in [-0.4, -0.2) is 33.9 Å². The van der Waals surface area contributed by atoms with E-state index in [1.54, 1.807) is 19.2 Å². The van der Waals surface area contributed by atoms with Crippen molar-refractivity contribution >= 4 is 5.91 Å². The summed E-state index contributed by atoms with van der Waals surface area (Å²) in [5.41, 5.74) is 0.766. The van der Waals surface area contributed by atoms with Crippen LogP contribution < -0.4 is 5.32 Å². The third-order valence-electron chi connectivity index (χ3n) is 1.59. The number of hydrogen-bond donors (Lipinski definition) is 3. The van der Waals surface area contributed by atoms with Gasteiger partial charge in [0.1, 0.15) is 0 Å². The second kappa shape index (κ2) is 4.61. The van der Waals surface area contributed by atoms with Gasteiger partial charge in [-0.05, 0) is 13.0 Å². The molecule has 0 radical (unpaired) electrons. The van der Waals surface area contributed by atoms with Crippen LogP contribution >= 0.6 is 0 Å². The van der Waals surface area contributed by atoms with Gasteiger partial charge >= 0.3 is 0 Å². The Labute approximate surface area is 76.2 Å². The molecule has 1 rings (SSSR count). The Morgan fingerprint density at radius 3 is 3.15 bits per heavy atom. The molecule has 0 aromatic carbocycles. The molecule has 1 atom stereocenters. The number of nitrogens with one attached hydrogen (secondary N) is 2. The van der Waals surface area contributed by atoms with E-state index in [1.807, 2.05) is 0 Å². The maximum Gasteiger partial charge on any atom is 0.226 e. The van der Waals surface area contributed by atoms with Crippen molar-refractivity contribution in [3.63, 3.8) is 0 Å². The molecule has 13 heavy (non-hydrogen) atoms. The van der Waals surface area contributed by atoms with Crippen molar-refractivity contribution in [2.24, 2.45) is 0 Å². The summed E-state index contributed by atoms with van der Waals surface area (Å²) in [7, 11) is 0. The molecule has 3 N–H and O–H groups in total. The first kappa shape index (κ1) is 9.73. The third-order valence-corrected chi connectivity index (χ3v) is 1.59. The summed E-state index contributed by atoms with van der Waals surface area (Å²) >= 11 is 0. The smallest absolute Gasteiger partial charge is 0.226 e. The van der Waals surface area contributed by atoms with E-state index in [-0.39, 0.29) is 25.0 Å². The summed E-state index contributed by atoms with van der Waals surface area (Å²) in [5, 5.41) is 17.7. The predicted octanol–water partition coefficient (Wildman–Crippen LogP) is -0.551. The lowest BCUT2D eigenvalue weighted by Gasteiger charge is -2.09. The highest BCUT2D eigenvalue weighted by Gasteiger charge is 2.07. The van der Waals surface area contributed by atoms with Gasteiger partial charge in [-0.25, -0.2) is 0 Å². The quantitative estimate of drug-likeness (QED) is 0.586. The molecule has 72 valence electrons. The Morgan fingerprint density at radius 1 is 1.85 bits per heavy atom. The first-order valence-corrected chi connectivity index (χ1v) is 4.11. The molecule has 1 aromatic heterocycles. The van der Waals surface area contributed by atoms with Gasteiger partial charge in [0.2, 0.25) is 5.91 Å². The summed E-state index contributed by atoms with van der Waals surface area (Å²) in [6.07, 6.45) is 1.86. The zero-order valence-corrected chi connectivity index (χ0v) is 7.45. The molecule has 0 aliphatic rings. The minimum absolute atomic E-state index is 0.0469. The Bertz CT molecular complexity index is 258. The van der Waals surface area contributed by atoms with Crippen LogP contribution in [0.3, 0.4) is 0 Å². The fourth-order valence-corrected chi connectivity index (χ4v) is 0.928. The number of hydrogen-bond acceptors (Lipinski definition) is 3. The molecule has 0 aliphatic carbocycles. The Morgan fingerprint density at radius 2 is 2.62 bits per heavy atom. The van der Waals surface area contributed by atoms with Gasteiger partial charge in [-0.1, -0.05) is 0 Å². The monoisotopic (exact) mass is 183 g/mol. The molecule has 5 heteroatoms. The van der Waals surface area contributed by atoms with Crippen LogP contribution in [0.1, 0.15) is 12.6 Å². The van der Waals surface area contributed by atoms with Crippen molar-refractivity contribution in [1.29, 1.82) is 0 Å². The van der Waals surface area contributed by atoms with Crippen molar-refractivity contribution in [1.82, 2.24) is 15.5 Å². The lowest BCUT2D eigenvalue weighted by atomic mass is 10.3. The van der Waals surface area contributed by atoms with E-state index in [1.165, 1.54) is 0 Å². The van der Waals surface area contributed by atoms with Gasteiger partial charge in [-0.3, -0.25) is 9.89 Å². The average molecular weight is 183 g/mol. The Balaban J connectivity index is 2.34. The van der Waals surface area contributed by atoms with Crippen molar-refractivity contribution in [2.45, 2.75) is 19.4 Å². The number of aliphatic hydroxyl groups is 1. The van der Waals surface area contributed by atoms with Crippen LogP contribution in [-0.2, 0) is 11.2 Å². The molecule has 1 unspecified atom stereocenters. The highest BCUT2D eigenvalue weighted by Crippen LogP contribution is 1.93. The summed E-state index contributed by atoms with van der Waals surface area (Å²) in [4.78, 5) is 11.2. The van der Waals surface area contributed by atoms with E-state index in [0.717, 1.165) is 5.69 Å². The molecular weight excluding hydrogens is 170 g/mol. The number of nitrogens with zero attached hydrogens (tertiary/aromatic N) is 1. The van der Waals surface area contributed by atoms with E-state index < -0.39 is 0 Å². The van der Waals surface area contributed by atoms with Crippen molar-refractivity contribution in [3.8, 4) is 0 Å². The van der Waals surface area contributed by atoms with E-state index in [2.05, 4.69) is 15.5 Å². The van der Waals surface area contributed by atoms with Crippen molar-refractivity contribution < 1.29 is 9.90 Å². The van der Waals surface area contributed by atoms with E-state index in [9.17, 15) is 4.79 Å². The van der Waals surface area contributed by atoms with Gasteiger partial charge in [0.25, 0.3) is 0 Å². The lowest BCUT2D eigenvalue weighted by Crippen LogP contribution is -2.36. The van der Waals surface area contributed by atoms with E-state index in [4.69, 9.17) is 5.11 Å². The topological polar surface area (TPSA) is 78.0 Å². The number of aliphatic hydroxyl groups excluding tert-OH is 1. The van der Waals surface area contributed by atoms with Crippen molar-refractivity contribution in [3.05, 3.63) is 18.0 Å². The molecule has 0 aliphatic heterocycles. The molecule has 0 fully saturated rings. The Hall–Kier alpha value is -1.36. The predicted molar refractivity (Wildman–Crippen MR) is 47.0 cm³/mol. The summed E-state index contributed by atoms with van der Waals surface area (Å²) in [6, 6.07) is 1.54. The molecule has 0 saturated carbocycles. The number of H-pyrrole nitrogens is 1.